The predicted octanol–water partition coefficient (Wildman–Crippen LogP) is 5.68. The van der Waals surface area contributed by atoms with Crippen LogP contribution in [0.4, 0.5) is 21.0 Å². The molecule has 1 aliphatic heterocycles. The van der Waals surface area contributed by atoms with Gasteiger partial charge in [0, 0.05) is 19.2 Å². The van der Waals surface area contributed by atoms with Gasteiger partial charge in [-0.15, -0.1) is 0 Å². The predicted molar refractivity (Wildman–Crippen MR) is 128 cm³/mol. The molecule has 0 unspecified atom stereocenters. The number of carbonyl (C=O) groups excluding carboxylic acids is 2. The second-order valence-electron chi connectivity index (χ2n) is 9.04. The molecule has 2 amide bonds. The number of rotatable bonds is 5. The molecule has 180 valence electrons. The first-order valence-electron chi connectivity index (χ1n) is 11.0. The van der Waals surface area contributed by atoms with E-state index in [1.165, 1.54) is 6.07 Å². The fourth-order valence-electron chi connectivity index (χ4n) is 3.55. The van der Waals surface area contributed by atoms with Crippen molar-refractivity contribution in [1.82, 2.24) is 4.90 Å². The Kier molecular flexibility index (Phi) is 7.55. The smallest absolute Gasteiger partial charge is 0.412 e. The third kappa shape index (κ3) is 6.57. The van der Waals surface area contributed by atoms with E-state index in [-0.39, 0.29) is 18.0 Å². The van der Waals surface area contributed by atoms with E-state index in [4.69, 9.17) is 9.47 Å². The Morgan fingerprint density at radius 1 is 1.18 bits per heavy atom. The van der Waals surface area contributed by atoms with Gasteiger partial charge < -0.3 is 14.4 Å². The molecule has 0 saturated carbocycles. The number of ether oxygens (including phenoxy) is 2. The van der Waals surface area contributed by atoms with Crippen molar-refractivity contribution < 1.29 is 24.0 Å². The van der Waals surface area contributed by atoms with Gasteiger partial charge in [0.1, 0.15) is 17.9 Å². The number of nitro benzene ring substituents is 1. The van der Waals surface area contributed by atoms with Crippen LogP contribution >= 0.6 is 0 Å². The van der Waals surface area contributed by atoms with Gasteiger partial charge >= 0.3 is 12.2 Å². The summed E-state index contributed by atoms with van der Waals surface area (Å²) in [5, 5.41) is 14.3. The molecule has 1 N–H and O–H groups in total. The monoisotopic (exact) mass is 467 g/mol. The Morgan fingerprint density at radius 2 is 1.88 bits per heavy atom. The van der Waals surface area contributed by atoms with Crippen LogP contribution in [0.2, 0.25) is 0 Å². The van der Waals surface area contributed by atoms with Gasteiger partial charge in [0.25, 0.3) is 5.69 Å². The number of hydrogen-bond donors (Lipinski definition) is 1. The Labute approximate surface area is 198 Å². The lowest BCUT2D eigenvalue weighted by Crippen LogP contribution is -2.39. The first-order chi connectivity index (χ1) is 16.0. The molecule has 3 rings (SSSR count). The van der Waals surface area contributed by atoms with E-state index in [0.717, 1.165) is 11.1 Å². The average Bonchev–Trinajstić information content (AvgIpc) is 2.78. The molecule has 2 aromatic rings. The Hall–Kier alpha value is -3.88. The minimum atomic E-state index is -0.771. The van der Waals surface area contributed by atoms with Crippen molar-refractivity contribution in [2.75, 3.05) is 18.4 Å². The number of hydrogen-bond acceptors (Lipinski definition) is 6. The lowest BCUT2D eigenvalue weighted by atomic mass is 9.96. The molecular weight excluding hydrogens is 438 g/mol. The molecule has 0 aromatic heterocycles. The maximum atomic E-state index is 12.3. The van der Waals surface area contributed by atoms with E-state index >= 15 is 0 Å². The maximum absolute atomic E-state index is 12.3. The molecule has 2 aromatic carbocycles. The van der Waals surface area contributed by atoms with Crippen LogP contribution in [0.5, 0.6) is 0 Å². The summed E-state index contributed by atoms with van der Waals surface area (Å²) in [6.07, 6.45) is 1.24. The van der Waals surface area contributed by atoms with Crippen LogP contribution < -0.4 is 5.32 Å². The fourth-order valence-corrected chi connectivity index (χ4v) is 3.55. The van der Waals surface area contributed by atoms with Crippen molar-refractivity contribution in [2.45, 2.75) is 46.3 Å². The molecule has 0 atom stereocenters. The summed E-state index contributed by atoms with van der Waals surface area (Å²) in [6.45, 7) is 7.97. The van der Waals surface area contributed by atoms with E-state index in [0.29, 0.717) is 30.6 Å². The number of benzene rings is 2. The van der Waals surface area contributed by atoms with E-state index in [9.17, 15) is 19.7 Å². The third-order valence-electron chi connectivity index (χ3n) is 5.18. The topological polar surface area (TPSA) is 111 Å². The molecule has 34 heavy (non-hydrogen) atoms. The van der Waals surface area contributed by atoms with Crippen molar-refractivity contribution in [2.24, 2.45) is 0 Å². The number of nitrogens with zero attached hydrogens (tertiary/aromatic N) is 2. The van der Waals surface area contributed by atoms with Gasteiger partial charge in [-0.25, -0.2) is 9.59 Å². The summed E-state index contributed by atoms with van der Waals surface area (Å²) in [5.41, 5.74) is 2.21. The molecule has 1 heterocycles. The second kappa shape index (κ2) is 10.4. The van der Waals surface area contributed by atoms with Crippen molar-refractivity contribution in [3.05, 3.63) is 75.3 Å². The van der Waals surface area contributed by atoms with E-state index in [2.05, 4.69) is 5.32 Å². The molecule has 0 saturated heterocycles. The standard InChI is InChI=1S/C25H29N3O6/c1-17-14-20(19-10-12-27(13-11-19)24(30)34-25(2,3)4)15-21(28(31)32)22(17)26-23(29)33-16-18-8-6-5-7-9-18/h5-10,14-15H,11-13,16H2,1-4H3,(H,26,29). The fraction of sp³-hybridized carbons (Fsp3) is 0.360. The van der Waals surface area contributed by atoms with Crippen LogP contribution in [0.3, 0.4) is 0 Å². The van der Waals surface area contributed by atoms with Crippen molar-refractivity contribution in [3.63, 3.8) is 0 Å². The highest BCUT2D eigenvalue weighted by atomic mass is 16.6. The Balaban J connectivity index is 1.73. The van der Waals surface area contributed by atoms with Crippen molar-refractivity contribution in [1.29, 1.82) is 0 Å². The molecular formula is C25H29N3O6. The Bertz CT molecular complexity index is 1110. The zero-order valence-electron chi connectivity index (χ0n) is 19.8. The van der Waals surface area contributed by atoms with Crippen LogP contribution in [0.1, 0.15) is 43.9 Å². The zero-order chi connectivity index (χ0) is 24.9. The zero-order valence-corrected chi connectivity index (χ0v) is 19.8. The number of nitrogens with one attached hydrogen (secondary N) is 1. The van der Waals surface area contributed by atoms with Crippen LogP contribution in [0.25, 0.3) is 5.57 Å². The number of carbonyl (C=O) groups is 2. The highest BCUT2D eigenvalue weighted by Crippen LogP contribution is 2.34. The van der Waals surface area contributed by atoms with Gasteiger partial charge in [-0.2, -0.15) is 0 Å². The number of anilines is 1. The van der Waals surface area contributed by atoms with Crippen LogP contribution in [0, 0.1) is 17.0 Å². The number of aryl methyl sites for hydroxylation is 1. The summed E-state index contributed by atoms with van der Waals surface area (Å²) in [7, 11) is 0. The van der Waals surface area contributed by atoms with Crippen LogP contribution in [0.15, 0.2) is 48.5 Å². The first kappa shape index (κ1) is 24.8. The molecule has 0 bridgehead atoms. The van der Waals surface area contributed by atoms with Crippen LogP contribution in [-0.4, -0.2) is 40.7 Å². The average molecular weight is 468 g/mol. The first-order valence-corrected chi connectivity index (χ1v) is 11.0. The van der Waals surface area contributed by atoms with Crippen molar-refractivity contribution >= 4 is 29.1 Å². The van der Waals surface area contributed by atoms with Gasteiger partial charge in [-0.1, -0.05) is 36.4 Å². The minimum absolute atomic E-state index is 0.0542. The van der Waals surface area contributed by atoms with Crippen molar-refractivity contribution in [3.8, 4) is 0 Å². The number of amides is 2. The second-order valence-corrected chi connectivity index (χ2v) is 9.04. The SMILES string of the molecule is Cc1cc(C2=CCN(C(=O)OC(C)(C)C)CC2)cc([N+](=O)[O-])c1NC(=O)OCc1ccccc1. The summed E-state index contributed by atoms with van der Waals surface area (Å²) in [5.74, 6) is 0. The lowest BCUT2D eigenvalue weighted by Gasteiger charge is -2.29. The van der Waals surface area contributed by atoms with Gasteiger partial charge in [-0.3, -0.25) is 15.4 Å². The molecule has 1 aliphatic rings. The lowest BCUT2D eigenvalue weighted by molar-refractivity contribution is -0.384. The van der Waals surface area contributed by atoms with Gasteiger partial charge in [0.15, 0.2) is 0 Å². The summed E-state index contributed by atoms with van der Waals surface area (Å²) in [6, 6.07) is 12.4. The molecule has 9 heteroatoms. The van der Waals surface area contributed by atoms with E-state index in [1.807, 2.05) is 57.2 Å². The summed E-state index contributed by atoms with van der Waals surface area (Å²) >= 11 is 0. The highest BCUT2D eigenvalue weighted by Gasteiger charge is 2.26. The minimum Gasteiger partial charge on any atom is -0.444 e. The molecule has 0 spiro atoms. The summed E-state index contributed by atoms with van der Waals surface area (Å²) < 4.78 is 10.6. The third-order valence-corrected chi connectivity index (χ3v) is 5.18. The molecule has 0 fully saturated rings. The quantitative estimate of drug-likeness (QED) is 0.448. The van der Waals surface area contributed by atoms with Crippen LogP contribution in [-0.2, 0) is 16.1 Å². The number of nitro groups is 1. The summed E-state index contributed by atoms with van der Waals surface area (Å²) in [4.78, 5) is 37.4. The normalized spacial score (nSPS) is 13.6. The molecule has 0 radical (unpaired) electrons. The van der Waals surface area contributed by atoms with E-state index in [1.54, 1.807) is 17.9 Å². The maximum Gasteiger partial charge on any atom is 0.412 e. The van der Waals surface area contributed by atoms with E-state index < -0.39 is 22.7 Å². The largest absolute Gasteiger partial charge is 0.444 e. The highest BCUT2D eigenvalue weighted by molar-refractivity contribution is 5.90. The Morgan fingerprint density at radius 3 is 2.47 bits per heavy atom. The molecule has 9 nitrogen and oxygen atoms in total. The van der Waals surface area contributed by atoms with Gasteiger partial charge in [0.05, 0.1) is 4.92 Å². The van der Waals surface area contributed by atoms with Gasteiger partial charge in [0.2, 0.25) is 0 Å². The molecule has 0 aliphatic carbocycles. The van der Waals surface area contributed by atoms with Gasteiger partial charge in [-0.05, 0) is 62.4 Å².